The van der Waals surface area contributed by atoms with Crippen molar-refractivity contribution < 1.29 is 0 Å². The van der Waals surface area contributed by atoms with Gasteiger partial charge >= 0.3 is 0 Å². The average molecular weight is 358 g/mol. The Morgan fingerprint density at radius 2 is 1.59 bits per heavy atom. The van der Waals surface area contributed by atoms with Crippen molar-refractivity contribution in [2.24, 2.45) is 10.8 Å². The van der Waals surface area contributed by atoms with Gasteiger partial charge in [-0.3, -0.25) is 0 Å². The molecular formula is C14H6N4S4. The molecule has 0 aromatic heterocycles. The van der Waals surface area contributed by atoms with Crippen LogP contribution in [-0.4, -0.2) is 5.25 Å². The number of fused-ring (bicyclic) bond motifs is 1. The van der Waals surface area contributed by atoms with Crippen molar-refractivity contribution >= 4 is 47.0 Å². The maximum Gasteiger partial charge on any atom is 0.192 e. The van der Waals surface area contributed by atoms with E-state index in [1.165, 1.54) is 11.8 Å². The van der Waals surface area contributed by atoms with Crippen LogP contribution in [0.4, 0.5) is 0 Å². The van der Waals surface area contributed by atoms with Gasteiger partial charge in [-0.25, -0.2) is 0 Å². The van der Waals surface area contributed by atoms with Gasteiger partial charge in [0.15, 0.2) is 10.8 Å². The van der Waals surface area contributed by atoms with Crippen LogP contribution in [0.5, 0.6) is 0 Å². The molecule has 0 N–H and O–H groups in total. The summed E-state index contributed by atoms with van der Waals surface area (Å²) >= 11 is 6.19. The van der Waals surface area contributed by atoms with Crippen LogP contribution in [0.1, 0.15) is 6.42 Å². The first-order valence-corrected chi connectivity index (χ1v) is 9.54. The maximum absolute atomic E-state index is 9.67. The van der Waals surface area contributed by atoms with E-state index in [2.05, 4.69) is 0 Å². The zero-order chi connectivity index (χ0) is 15.8. The van der Waals surface area contributed by atoms with E-state index in [0.29, 0.717) is 0 Å². The molecule has 2 aliphatic heterocycles. The van der Waals surface area contributed by atoms with E-state index in [-0.39, 0.29) is 6.42 Å². The minimum absolute atomic E-state index is 0.113. The molecule has 1 aliphatic carbocycles. The second kappa shape index (κ2) is 5.65. The van der Waals surface area contributed by atoms with Crippen LogP contribution in [0.3, 0.4) is 0 Å². The first kappa shape index (κ1) is 15.5. The standard InChI is InChI=1S/C14H6N4S4/c15-5-13(6-16)2-1-9-10(14(13,7-17)8-18)22-12(21-9)11-19-3-4-20-11/h1,3-4,10H,2H2/t10-/m1/s1. The number of nitrogens with zero attached hydrogens (tertiary/aromatic N) is 4. The Kier molecular flexibility index (Phi) is 3.98. The van der Waals surface area contributed by atoms with Gasteiger partial charge in [-0.15, -0.1) is 11.8 Å². The summed E-state index contributed by atoms with van der Waals surface area (Å²) in [6.45, 7) is 0. The Morgan fingerprint density at radius 1 is 0.955 bits per heavy atom. The average Bonchev–Trinajstić information content (AvgIpc) is 3.22. The number of allylic oxidation sites excluding steroid dienone is 1. The summed E-state index contributed by atoms with van der Waals surface area (Å²) in [5, 5.41) is 41.8. The van der Waals surface area contributed by atoms with Gasteiger partial charge in [0.2, 0.25) is 0 Å². The van der Waals surface area contributed by atoms with Crippen LogP contribution in [0, 0.1) is 56.2 Å². The molecule has 22 heavy (non-hydrogen) atoms. The smallest absolute Gasteiger partial charge is 0.192 e. The Labute approximate surface area is 144 Å². The molecule has 0 spiro atoms. The van der Waals surface area contributed by atoms with Crippen LogP contribution in [0.15, 0.2) is 30.3 Å². The van der Waals surface area contributed by atoms with Crippen LogP contribution in [0.25, 0.3) is 0 Å². The van der Waals surface area contributed by atoms with Crippen molar-refractivity contribution in [3.8, 4) is 24.3 Å². The van der Waals surface area contributed by atoms with Crippen LogP contribution in [-0.2, 0) is 0 Å². The third-order valence-electron chi connectivity index (χ3n) is 3.68. The number of thioether (sulfide) groups is 4. The number of nitriles is 4. The Morgan fingerprint density at radius 3 is 2.14 bits per heavy atom. The van der Waals surface area contributed by atoms with Crippen molar-refractivity contribution in [3.63, 3.8) is 0 Å². The molecule has 8 heteroatoms. The van der Waals surface area contributed by atoms with Gasteiger partial charge in [0.1, 0.15) is 0 Å². The van der Waals surface area contributed by atoms with Crippen molar-refractivity contribution in [1.29, 1.82) is 21.0 Å². The lowest BCUT2D eigenvalue weighted by Crippen LogP contribution is -2.47. The predicted octanol–water partition coefficient (Wildman–Crippen LogP) is 4.27. The zero-order valence-electron chi connectivity index (χ0n) is 10.9. The molecule has 1 fully saturated rings. The number of rotatable bonds is 0. The van der Waals surface area contributed by atoms with E-state index in [1.807, 2.05) is 41.2 Å². The lowest BCUT2D eigenvalue weighted by molar-refractivity contribution is 0.296. The summed E-state index contributed by atoms with van der Waals surface area (Å²) < 4.78 is 2.16. The highest BCUT2D eigenvalue weighted by molar-refractivity contribution is 8.33. The number of hydrogen-bond acceptors (Lipinski definition) is 8. The van der Waals surface area contributed by atoms with E-state index in [9.17, 15) is 21.0 Å². The quantitative estimate of drug-likeness (QED) is 0.633. The third kappa shape index (κ3) is 1.93. The summed E-state index contributed by atoms with van der Waals surface area (Å²) in [5.74, 6) is 0. The van der Waals surface area contributed by atoms with Gasteiger partial charge in [-0.1, -0.05) is 41.4 Å². The lowest BCUT2D eigenvalue weighted by Gasteiger charge is -2.37. The van der Waals surface area contributed by atoms with E-state index in [0.717, 1.165) is 13.4 Å². The normalized spacial score (nSPS) is 27.1. The molecule has 0 bridgehead atoms. The van der Waals surface area contributed by atoms with Crippen molar-refractivity contribution in [2.45, 2.75) is 11.7 Å². The van der Waals surface area contributed by atoms with Crippen LogP contribution >= 0.6 is 47.0 Å². The van der Waals surface area contributed by atoms with Gasteiger partial charge in [0.05, 0.1) is 38.0 Å². The van der Waals surface area contributed by atoms with Crippen LogP contribution in [0.2, 0.25) is 0 Å². The molecule has 3 aliphatic rings. The highest BCUT2D eigenvalue weighted by Crippen LogP contribution is 2.65. The number of hydrogen-bond donors (Lipinski definition) is 0. The fourth-order valence-corrected chi connectivity index (χ4v) is 7.83. The summed E-state index contributed by atoms with van der Waals surface area (Å²) in [6, 6.07) is 7.91. The molecule has 4 nitrogen and oxygen atoms in total. The maximum atomic E-state index is 9.67. The molecule has 0 aromatic carbocycles. The van der Waals surface area contributed by atoms with Gasteiger partial charge in [-0.2, -0.15) is 21.0 Å². The fourth-order valence-electron chi connectivity index (χ4n) is 2.46. The molecule has 1 saturated heterocycles. The summed E-state index contributed by atoms with van der Waals surface area (Å²) in [7, 11) is 0. The predicted molar refractivity (Wildman–Crippen MR) is 90.3 cm³/mol. The van der Waals surface area contributed by atoms with E-state index < -0.39 is 16.1 Å². The van der Waals surface area contributed by atoms with E-state index in [4.69, 9.17) is 0 Å². The minimum atomic E-state index is -1.65. The monoisotopic (exact) mass is 358 g/mol. The Hall–Kier alpha value is -1.42. The van der Waals surface area contributed by atoms with Gasteiger partial charge in [-0.05, 0) is 10.8 Å². The van der Waals surface area contributed by atoms with Crippen molar-refractivity contribution in [1.82, 2.24) is 0 Å². The molecule has 0 aromatic rings. The van der Waals surface area contributed by atoms with E-state index >= 15 is 0 Å². The topological polar surface area (TPSA) is 95.2 Å². The van der Waals surface area contributed by atoms with Crippen molar-refractivity contribution in [2.75, 3.05) is 0 Å². The van der Waals surface area contributed by atoms with Crippen LogP contribution < -0.4 is 0 Å². The second-order valence-corrected chi connectivity index (χ2v) is 9.20. The highest BCUT2D eigenvalue weighted by atomic mass is 32.2. The molecule has 3 rings (SSSR count). The molecule has 2 heterocycles. The molecule has 0 saturated carbocycles. The SMILES string of the molecule is N#CC1(C#N)CC=C2SC(=C3SC=CS3)S[C@H]2C1(C#N)C#N. The van der Waals surface area contributed by atoms with Crippen molar-refractivity contribution in [3.05, 3.63) is 30.3 Å². The molecule has 1 atom stereocenters. The fraction of sp³-hybridized carbons (Fsp3) is 0.286. The summed E-state index contributed by atoms with van der Waals surface area (Å²) in [5.41, 5.74) is -3.27. The molecule has 0 amide bonds. The summed E-state index contributed by atoms with van der Waals surface area (Å²) in [6.07, 6.45) is 1.95. The molecule has 0 unspecified atom stereocenters. The second-order valence-electron chi connectivity index (χ2n) is 4.65. The lowest BCUT2D eigenvalue weighted by atomic mass is 9.60. The van der Waals surface area contributed by atoms with E-state index in [1.54, 1.807) is 35.3 Å². The first-order valence-electron chi connectivity index (χ1n) is 6.08. The molecular weight excluding hydrogens is 352 g/mol. The Bertz CT molecular complexity index is 759. The summed E-state index contributed by atoms with van der Waals surface area (Å²) in [4.78, 5) is 0.907. The minimum Gasteiger partial charge on any atom is -0.196 e. The Balaban J connectivity index is 2.11. The third-order valence-corrected chi connectivity index (χ3v) is 9.30. The van der Waals surface area contributed by atoms with Gasteiger partial charge in [0, 0.05) is 11.3 Å². The zero-order valence-corrected chi connectivity index (χ0v) is 14.2. The highest BCUT2D eigenvalue weighted by Gasteiger charge is 2.63. The largest absolute Gasteiger partial charge is 0.196 e. The molecule has 106 valence electrons. The van der Waals surface area contributed by atoms with Gasteiger partial charge in [0.25, 0.3) is 0 Å². The molecule has 0 radical (unpaired) electrons. The van der Waals surface area contributed by atoms with Gasteiger partial charge < -0.3 is 0 Å². The first-order chi connectivity index (χ1) is 10.7.